The summed E-state index contributed by atoms with van der Waals surface area (Å²) in [5.74, 6) is -0.291. The highest BCUT2D eigenvalue weighted by molar-refractivity contribution is 6.03. The van der Waals surface area contributed by atoms with Crippen LogP contribution in [0.3, 0.4) is 0 Å². The third-order valence-corrected chi connectivity index (χ3v) is 1.96. The maximum atomic E-state index is 11.4. The highest BCUT2D eigenvalue weighted by Gasteiger charge is 2.37. The molecule has 74 valence electrons. The van der Waals surface area contributed by atoms with Crippen molar-refractivity contribution >= 4 is 11.9 Å². The van der Waals surface area contributed by atoms with E-state index >= 15 is 0 Å². The van der Waals surface area contributed by atoms with Crippen molar-refractivity contribution in [3.05, 3.63) is 0 Å². The Balaban J connectivity index is 2.54. The molecule has 1 N–H and O–H groups in total. The number of nitrogens with one attached hydrogen (secondary N) is 1. The highest BCUT2D eigenvalue weighted by atomic mass is 16.5. The van der Waals surface area contributed by atoms with E-state index in [1.165, 1.54) is 12.0 Å². The van der Waals surface area contributed by atoms with Crippen LogP contribution in [-0.4, -0.2) is 36.7 Å². The number of hydrogen-bond acceptors (Lipinski definition) is 3. The second-order valence-electron chi connectivity index (χ2n) is 2.91. The number of methoxy groups -OCH3 is 1. The molecule has 1 saturated heterocycles. The summed E-state index contributed by atoms with van der Waals surface area (Å²) in [7, 11) is 1.40. The van der Waals surface area contributed by atoms with Crippen LogP contribution in [0.1, 0.15) is 19.8 Å². The summed E-state index contributed by atoms with van der Waals surface area (Å²) in [5.41, 5.74) is 0. The predicted octanol–water partition coefficient (Wildman–Crippen LogP) is 0.311. The minimum Gasteiger partial charge on any atom is -0.353 e. The SMILES string of the molecule is CCCCN1C(=O)NC(OC)C1=O. The second-order valence-corrected chi connectivity index (χ2v) is 2.91. The van der Waals surface area contributed by atoms with Gasteiger partial charge in [-0.2, -0.15) is 0 Å². The van der Waals surface area contributed by atoms with Crippen LogP contribution in [0, 0.1) is 0 Å². The molecule has 1 unspecified atom stereocenters. The fraction of sp³-hybridized carbons (Fsp3) is 0.750. The third-order valence-electron chi connectivity index (χ3n) is 1.96. The van der Waals surface area contributed by atoms with Crippen LogP contribution in [-0.2, 0) is 9.53 Å². The molecule has 5 nitrogen and oxygen atoms in total. The number of hydrogen-bond donors (Lipinski definition) is 1. The summed E-state index contributed by atoms with van der Waals surface area (Å²) < 4.78 is 4.78. The number of nitrogens with zero attached hydrogens (tertiary/aromatic N) is 1. The molecule has 0 aromatic rings. The average molecular weight is 186 g/mol. The lowest BCUT2D eigenvalue weighted by molar-refractivity contribution is -0.135. The molecule has 3 amide bonds. The van der Waals surface area contributed by atoms with Crippen molar-refractivity contribution in [2.24, 2.45) is 0 Å². The van der Waals surface area contributed by atoms with E-state index in [-0.39, 0.29) is 11.9 Å². The van der Waals surface area contributed by atoms with Crippen molar-refractivity contribution in [3.8, 4) is 0 Å². The first-order valence-electron chi connectivity index (χ1n) is 4.35. The van der Waals surface area contributed by atoms with Crippen molar-refractivity contribution in [1.82, 2.24) is 10.2 Å². The Morgan fingerprint density at radius 3 is 2.69 bits per heavy atom. The topological polar surface area (TPSA) is 58.6 Å². The Bertz CT molecular complexity index is 217. The van der Waals surface area contributed by atoms with Crippen molar-refractivity contribution in [2.45, 2.75) is 26.0 Å². The van der Waals surface area contributed by atoms with E-state index in [2.05, 4.69) is 5.32 Å². The molecule has 1 fully saturated rings. The minimum absolute atomic E-state index is 0.291. The zero-order chi connectivity index (χ0) is 9.84. The first kappa shape index (κ1) is 9.98. The molecule has 0 radical (unpaired) electrons. The standard InChI is InChI=1S/C8H14N2O3/c1-3-4-5-10-7(11)6(13-2)9-8(10)12/h6H,3-5H2,1-2H3,(H,9,12). The quantitative estimate of drug-likeness (QED) is 0.643. The second kappa shape index (κ2) is 4.23. The van der Waals surface area contributed by atoms with Gasteiger partial charge in [0.25, 0.3) is 5.91 Å². The summed E-state index contributed by atoms with van der Waals surface area (Å²) in [6.07, 6.45) is 0.994. The van der Waals surface area contributed by atoms with Crippen LogP contribution in [0.2, 0.25) is 0 Å². The van der Waals surface area contributed by atoms with Crippen LogP contribution < -0.4 is 5.32 Å². The molecule has 0 bridgehead atoms. The highest BCUT2D eigenvalue weighted by Crippen LogP contribution is 2.07. The third kappa shape index (κ3) is 1.98. The van der Waals surface area contributed by atoms with Gasteiger partial charge in [0.1, 0.15) is 0 Å². The van der Waals surface area contributed by atoms with Gasteiger partial charge in [-0.15, -0.1) is 0 Å². The van der Waals surface area contributed by atoms with E-state index in [4.69, 9.17) is 4.74 Å². The van der Waals surface area contributed by atoms with E-state index in [1.807, 2.05) is 6.92 Å². The number of imide groups is 1. The summed E-state index contributed by atoms with van der Waals surface area (Å²) >= 11 is 0. The van der Waals surface area contributed by atoms with Crippen molar-refractivity contribution in [3.63, 3.8) is 0 Å². The number of amides is 3. The van der Waals surface area contributed by atoms with Gasteiger partial charge in [-0.3, -0.25) is 9.69 Å². The number of carbonyl (C=O) groups is 2. The van der Waals surface area contributed by atoms with E-state index in [9.17, 15) is 9.59 Å². The van der Waals surface area contributed by atoms with Crippen molar-refractivity contribution < 1.29 is 14.3 Å². The minimum atomic E-state index is -0.788. The van der Waals surface area contributed by atoms with Gasteiger partial charge in [-0.25, -0.2) is 4.79 Å². The van der Waals surface area contributed by atoms with Gasteiger partial charge in [-0.05, 0) is 6.42 Å². The molecule has 1 heterocycles. The maximum Gasteiger partial charge on any atom is 0.326 e. The molecule has 1 rings (SSSR count). The molecule has 5 heteroatoms. The van der Waals surface area contributed by atoms with E-state index in [0.717, 1.165) is 12.8 Å². The predicted molar refractivity (Wildman–Crippen MR) is 45.9 cm³/mol. The molecule has 0 aromatic carbocycles. The van der Waals surface area contributed by atoms with E-state index < -0.39 is 6.23 Å². The van der Waals surface area contributed by atoms with E-state index in [0.29, 0.717) is 6.54 Å². The van der Waals surface area contributed by atoms with Gasteiger partial charge in [0.15, 0.2) is 0 Å². The van der Waals surface area contributed by atoms with Crippen molar-refractivity contribution in [2.75, 3.05) is 13.7 Å². The zero-order valence-electron chi connectivity index (χ0n) is 7.87. The summed E-state index contributed by atoms with van der Waals surface area (Å²) in [4.78, 5) is 23.7. The number of rotatable bonds is 4. The smallest absolute Gasteiger partial charge is 0.326 e. The van der Waals surface area contributed by atoms with Gasteiger partial charge < -0.3 is 10.1 Å². The van der Waals surface area contributed by atoms with Gasteiger partial charge >= 0.3 is 6.03 Å². The molecule has 1 atom stereocenters. The van der Waals surface area contributed by atoms with Gasteiger partial charge in [0, 0.05) is 13.7 Å². The van der Waals surface area contributed by atoms with Gasteiger partial charge in [0.05, 0.1) is 0 Å². The first-order chi connectivity index (χ1) is 6.20. The van der Waals surface area contributed by atoms with Crippen LogP contribution in [0.25, 0.3) is 0 Å². The number of unbranched alkanes of at least 4 members (excludes halogenated alkanes) is 1. The molecule has 1 aliphatic rings. The van der Waals surface area contributed by atoms with Crippen molar-refractivity contribution in [1.29, 1.82) is 0 Å². The lowest BCUT2D eigenvalue weighted by Gasteiger charge is -2.10. The zero-order valence-corrected chi connectivity index (χ0v) is 7.87. The Morgan fingerprint density at radius 2 is 2.23 bits per heavy atom. The Kier molecular flexibility index (Phi) is 3.25. The molecular formula is C8H14N2O3. The molecule has 0 spiro atoms. The largest absolute Gasteiger partial charge is 0.353 e. The number of carbonyl (C=O) groups excluding carboxylic acids is 2. The molecular weight excluding hydrogens is 172 g/mol. The normalized spacial score (nSPS) is 22.3. The Hall–Kier alpha value is -1.10. The fourth-order valence-corrected chi connectivity index (χ4v) is 1.18. The monoisotopic (exact) mass is 186 g/mol. The van der Waals surface area contributed by atoms with Gasteiger partial charge in [0.2, 0.25) is 6.23 Å². The molecule has 0 saturated carbocycles. The number of urea groups is 1. The van der Waals surface area contributed by atoms with Crippen LogP contribution in [0.4, 0.5) is 4.79 Å². The molecule has 0 aromatic heterocycles. The van der Waals surface area contributed by atoms with E-state index in [1.54, 1.807) is 0 Å². The molecule has 0 aliphatic carbocycles. The lowest BCUT2D eigenvalue weighted by Crippen LogP contribution is -2.32. The average Bonchev–Trinajstić information content (AvgIpc) is 2.39. The van der Waals surface area contributed by atoms with Crippen LogP contribution in [0.15, 0.2) is 0 Å². The molecule has 13 heavy (non-hydrogen) atoms. The van der Waals surface area contributed by atoms with Crippen LogP contribution >= 0.6 is 0 Å². The Labute approximate surface area is 77.0 Å². The fourth-order valence-electron chi connectivity index (χ4n) is 1.18. The lowest BCUT2D eigenvalue weighted by atomic mass is 10.3. The first-order valence-corrected chi connectivity index (χ1v) is 4.35. The Morgan fingerprint density at radius 1 is 1.54 bits per heavy atom. The summed E-state index contributed by atoms with van der Waals surface area (Å²) in [6, 6.07) is -0.356. The maximum absolute atomic E-state index is 11.4. The number of ether oxygens (including phenoxy) is 1. The summed E-state index contributed by atoms with van der Waals surface area (Å²) in [6.45, 7) is 2.48. The van der Waals surface area contributed by atoms with Gasteiger partial charge in [-0.1, -0.05) is 13.3 Å². The van der Waals surface area contributed by atoms with Crippen LogP contribution in [0.5, 0.6) is 0 Å². The summed E-state index contributed by atoms with van der Waals surface area (Å²) in [5, 5.41) is 2.43. The molecule has 1 aliphatic heterocycles.